The normalized spacial score (nSPS) is 12.5. The molecule has 0 radical (unpaired) electrons. The Morgan fingerprint density at radius 2 is 2.30 bits per heavy atom. The van der Waals surface area contributed by atoms with Crippen LogP contribution in [0.2, 0.25) is 0 Å². The van der Waals surface area contributed by atoms with Crippen molar-refractivity contribution in [1.29, 1.82) is 0 Å². The average molecular weight is 161 g/mol. The number of alkyl halides is 1. The predicted octanol–water partition coefficient (Wildman–Crippen LogP) is 2.04. The SMILES string of the molecule is C#CCCC(Cl)CCOC. The van der Waals surface area contributed by atoms with Crippen LogP contribution in [0.15, 0.2) is 0 Å². The maximum Gasteiger partial charge on any atom is 0.0476 e. The van der Waals surface area contributed by atoms with E-state index in [0.717, 1.165) is 25.9 Å². The van der Waals surface area contributed by atoms with Gasteiger partial charge in [0, 0.05) is 25.5 Å². The van der Waals surface area contributed by atoms with Gasteiger partial charge in [0.05, 0.1) is 0 Å². The first-order chi connectivity index (χ1) is 4.81. The lowest BCUT2D eigenvalue weighted by Crippen LogP contribution is -2.02. The second-order valence-electron chi connectivity index (χ2n) is 2.12. The molecule has 0 aromatic heterocycles. The summed E-state index contributed by atoms with van der Waals surface area (Å²) in [5, 5.41) is 0.177. The monoisotopic (exact) mass is 160 g/mol. The van der Waals surface area contributed by atoms with Crippen LogP contribution in [0.3, 0.4) is 0 Å². The van der Waals surface area contributed by atoms with Gasteiger partial charge in [-0.15, -0.1) is 23.9 Å². The number of terminal acetylenes is 1. The molecule has 0 N–H and O–H groups in total. The van der Waals surface area contributed by atoms with E-state index in [9.17, 15) is 0 Å². The van der Waals surface area contributed by atoms with E-state index in [0.29, 0.717) is 0 Å². The van der Waals surface area contributed by atoms with E-state index in [4.69, 9.17) is 22.8 Å². The smallest absolute Gasteiger partial charge is 0.0476 e. The molecule has 0 aromatic carbocycles. The molecule has 0 rings (SSSR count). The molecule has 1 nitrogen and oxygen atoms in total. The Kier molecular flexibility index (Phi) is 6.79. The summed E-state index contributed by atoms with van der Waals surface area (Å²) in [5.74, 6) is 2.55. The number of hydrogen-bond acceptors (Lipinski definition) is 1. The van der Waals surface area contributed by atoms with Crippen molar-refractivity contribution in [3.05, 3.63) is 0 Å². The van der Waals surface area contributed by atoms with Crippen LogP contribution in [0.25, 0.3) is 0 Å². The molecular weight excluding hydrogens is 148 g/mol. The van der Waals surface area contributed by atoms with Crippen LogP contribution in [0.5, 0.6) is 0 Å². The molecule has 10 heavy (non-hydrogen) atoms. The molecule has 2 heteroatoms. The van der Waals surface area contributed by atoms with Crippen molar-refractivity contribution in [2.45, 2.75) is 24.6 Å². The van der Waals surface area contributed by atoms with Gasteiger partial charge in [-0.05, 0) is 12.8 Å². The van der Waals surface area contributed by atoms with Gasteiger partial charge in [0.1, 0.15) is 0 Å². The first kappa shape index (κ1) is 9.81. The van der Waals surface area contributed by atoms with Crippen molar-refractivity contribution in [1.82, 2.24) is 0 Å². The number of hydrogen-bond donors (Lipinski definition) is 0. The highest BCUT2D eigenvalue weighted by atomic mass is 35.5. The van der Waals surface area contributed by atoms with Gasteiger partial charge >= 0.3 is 0 Å². The Hall–Kier alpha value is -0.190. The minimum Gasteiger partial charge on any atom is -0.385 e. The number of methoxy groups -OCH3 is 1. The van der Waals surface area contributed by atoms with E-state index >= 15 is 0 Å². The average Bonchev–Trinajstić information content (AvgIpc) is 1.97. The van der Waals surface area contributed by atoms with Gasteiger partial charge in [-0.25, -0.2) is 0 Å². The van der Waals surface area contributed by atoms with Gasteiger partial charge in [0.25, 0.3) is 0 Å². The summed E-state index contributed by atoms with van der Waals surface area (Å²) in [6.07, 6.45) is 7.61. The highest BCUT2D eigenvalue weighted by molar-refractivity contribution is 6.20. The Bertz CT molecular complexity index is 106. The number of halogens is 1. The van der Waals surface area contributed by atoms with Crippen LogP contribution in [0, 0.1) is 12.3 Å². The van der Waals surface area contributed by atoms with Crippen molar-refractivity contribution in [3.63, 3.8) is 0 Å². The quantitative estimate of drug-likeness (QED) is 0.442. The Balaban J connectivity index is 3.10. The van der Waals surface area contributed by atoms with Crippen molar-refractivity contribution < 1.29 is 4.74 Å². The van der Waals surface area contributed by atoms with E-state index in [1.54, 1.807) is 7.11 Å². The van der Waals surface area contributed by atoms with Gasteiger partial charge in [-0.1, -0.05) is 0 Å². The van der Waals surface area contributed by atoms with E-state index in [1.165, 1.54) is 0 Å². The van der Waals surface area contributed by atoms with E-state index in [-0.39, 0.29) is 5.38 Å². The lowest BCUT2D eigenvalue weighted by Gasteiger charge is -2.04. The molecule has 0 amide bonds. The van der Waals surface area contributed by atoms with Crippen molar-refractivity contribution in [2.24, 2.45) is 0 Å². The second kappa shape index (κ2) is 6.92. The zero-order valence-corrected chi connectivity index (χ0v) is 7.03. The molecule has 0 bridgehead atoms. The molecule has 0 aliphatic heterocycles. The molecule has 58 valence electrons. The maximum absolute atomic E-state index is 5.86. The molecule has 0 saturated carbocycles. The van der Waals surface area contributed by atoms with Crippen molar-refractivity contribution in [2.75, 3.05) is 13.7 Å². The largest absolute Gasteiger partial charge is 0.385 e. The van der Waals surface area contributed by atoms with E-state index in [2.05, 4.69) is 5.92 Å². The molecule has 0 saturated heterocycles. The molecule has 1 unspecified atom stereocenters. The molecule has 0 heterocycles. The van der Waals surface area contributed by atoms with Crippen LogP contribution >= 0.6 is 11.6 Å². The summed E-state index contributed by atoms with van der Waals surface area (Å²) in [6, 6.07) is 0. The highest BCUT2D eigenvalue weighted by Crippen LogP contribution is 2.08. The van der Waals surface area contributed by atoms with Crippen molar-refractivity contribution >= 4 is 11.6 Å². The standard InChI is InChI=1S/C8H13ClO/c1-3-4-5-8(9)6-7-10-2/h1,8H,4-7H2,2H3. The molecule has 0 spiro atoms. The minimum absolute atomic E-state index is 0.177. The molecule has 0 aromatic rings. The fourth-order valence-electron chi connectivity index (χ4n) is 0.630. The van der Waals surface area contributed by atoms with Crippen LogP contribution in [-0.4, -0.2) is 19.1 Å². The van der Waals surface area contributed by atoms with Gasteiger partial charge in [0.2, 0.25) is 0 Å². The summed E-state index contributed by atoms with van der Waals surface area (Å²) in [5.41, 5.74) is 0. The lowest BCUT2D eigenvalue weighted by atomic mass is 10.2. The zero-order valence-electron chi connectivity index (χ0n) is 6.27. The number of rotatable bonds is 5. The summed E-state index contributed by atoms with van der Waals surface area (Å²) < 4.78 is 4.86. The molecule has 0 aliphatic rings. The second-order valence-corrected chi connectivity index (χ2v) is 2.74. The third kappa shape index (κ3) is 5.94. The summed E-state index contributed by atoms with van der Waals surface area (Å²) in [7, 11) is 1.67. The van der Waals surface area contributed by atoms with Crippen LogP contribution in [0.4, 0.5) is 0 Å². The third-order valence-corrected chi connectivity index (χ3v) is 1.67. The topological polar surface area (TPSA) is 9.23 Å². The van der Waals surface area contributed by atoms with Gasteiger partial charge < -0.3 is 4.74 Å². The van der Waals surface area contributed by atoms with Gasteiger partial charge in [-0.2, -0.15) is 0 Å². The van der Waals surface area contributed by atoms with Crippen LogP contribution < -0.4 is 0 Å². The summed E-state index contributed by atoms with van der Waals surface area (Å²) >= 11 is 5.86. The third-order valence-electron chi connectivity index (χ3n) is 1.24. The maximum atomic E-state index is 5.86. The predicted molar refractivity (Wildman–Crippen MR) is 44.2 cm³/mol. The van der Waals surface area contributed by atoms with E-state index in [1.807, 2.05) is 0 Å². The number of ether oxygens (including phenoxy) is 1. The summed E-state index contributed by atoms with van der Waals surface area (Å²) in [6.45, 7) is 0.721. The molecular formula is C8H13ClO. The van der Waals surface area contributed by atoms with Gasteiger partial charge in [-0.3, -0.25) is 0 Å². The summed E-state index contributed by atoms with van der Waals surface area (Å²) in [4.78, 5) is 0. The fourth-order valence-corrected chi connectivity index (χ4v) is 0.828. The fraction of sp³-hybridized carbons (Fsp3) is 0.750. The minimum atomic E-state index is 0.177. The molecule has 0 fully saturated rings. The van der Waals surface area contributed by atoms with Gasteiger partial charge in [0.15, 0.2) is 0 Å². The van der Waals surface area contributed by atoms with Crippen LogP contribution in [0.1, 0.15) is 19.3 Å². The first-order valence-corrected chi connectivity index (χ1v) is 3.81. The van der Waals surface area contributed by atoms with Crippen LogP contribution in [-0.2, 0) is 4.74 Å². The Morgan fingerprint density at radius 1 is 1.60 bits per heavy atom. The highest BCUT2D eigenvalue weighted by Gasteiger charge is 2.01. The molecule has 1 atom stereocenters. The molecule has 0 aliphatic carbocycles. The lowest BCUT2D eigenvalue weighted by molar-refractivity contribution is 0.193. The van der Waals surface area contributed by atoms with E-state index < -0.39 is 0 Å². The zero-order chi connectivity index (χ0) is 7.82. The first-order valence-electron chi connectivity index (χ1n) is 3.37. The van der Waals surface area contributed by atoms with Crippen molar-refractivity contribution in [3.8, 4) is 12.3 Å². The Labute approximate surface area is 67.7 Å². The Morgan fingerprint density at radius 3 is 2.80 bits per heavy atom.